The zero-order valence-electron chi connectivity index (χ0n) is 11.9. The Balaban J connectivity index is 2.05. The van der Waals surface area contributed by atoms with Gasteiger partial charge in [0.25, 0.3) is 0 Å². The van der Waals surface area contributed by atoms with Gasteiger partial charge >= 0.3 is 0 Å². The lowest BCUT2D eigenvalue weighted by Crippen LogP contribution is -2.35. The first-order chi connectivity index (χ1) is 8.73. The first kappa shape index (κ1) is 14.9. The maximum atomic E-state index is 10.7. The molecule has 0 amide bonds. The van der Waals surface area contributed by atoms with Crippen molar-refractivity contribution >= 4 is 10.1 Å². The molecular weight excluding hydrogens is 262 g/mol. The molecule has 5 heteroatoms. The molecule has 19 heavy (non-hydrogen) atoms. The number of likely N-dealkylation sites (tertiary alicyclic amines) is 1. The first-order valence-corrected chi connectivity index (χ1v) is 8.71. The fraction of sp³-hybridized carbons (Fsp3) is 0.857. The van der Waals surface area contributed by atoms with Gasteiger partial charge in [-0.3, -0.25) is 0 Å². The number of hydrogen-bond acceptors (Lipinski definition) is 4. The van der Waals surface area contributed by atoms with E-state index in [0.29, 0.717) is 24.9 Å². The van der Waals surface area contributed by atoms with Crippen LogP contribution < -0.4 is 0 Å². The fourth-order valence-electron chi connectivity index (χ4n) is 3.82. The van der Waals surface area contributed by atoms with Crippen molar-refractivity contribution in [2.45, 2.75) is 52.0 Å². The molecule has 0 spiro atoms. The summed E-state index contributed by atoms with van der Waals surface area (Å²) in [5.74, 6) is 0.354. The van der Waals surface area contributed by atoms with Crippen molar-refractivity contribution in [3.63, 3.8) is 0 Å². The summed E-state index contributed by atoms with van der Waals surface area (Å²) in [6, 6.07) is 0.491. The highest BCUT2D eigenvalue weighted by Crippen LogP contribution is 2.52. The lowest BCUT2D eigenvalue weighted by atomic mass is 9.71. The highest BCUT2D eigenvalue weighted by Gasteiger charge is 2.49. The van der Waals surface area contributed by atoms with Crippen LogP contribution in [0.3, 0.4) is 0 Å². The molecule has 1 saturated heterocycles. The minimum atomic E-state index is -4.10. The van der Waals surface area contributed by atoms with E-state index < -0.39 is 10.1 Å². The number of fused-ring (bicyclic) bond motifs is 1. The molecule has 0 bridgehead atoms. The van der Waals surface area contributed by atoms with Crippen molar-refractivity contribution in [1.29, 1.82) is 0 Å². The lowest BCUT2D eigenvalue weighted by Gasteiger charge is -2.34. The Bertz CT molecular complexity index is 455. The number of nitrogens with zero attached hydrogens (tertiary/aromatic N) is 1. The van der Waals surface area contributed by atoms with Crippen LogP contribution in [0.4, 0.5) is 0 Å². The third-order valence-electron chi connectivity index (χ3n) is 4.94. The van der Waals surface area contributed by atoms with Gasteiger partial charge in [-0.2, -0.15) is 0 Å². The van der Waals surface area contributed by atoms with E-state index in [4.69, 9.17) is 0 Å². The van der Waals surface area contributed by atoms with E-state index in [-0.39, 0.29) is 11.2 Å². The molecule has 0 aromatic rings. The summed E-state index contributed by atoms with van der Waals surface area (Å²) in [6.45, 7) is 9.35. The van der Waals surface area contributed by atoms with Gasteiger partial charge in [-0.15, -0.1) is 0 Å². The number of allylic oxidation sites excluding steroid dienone is 1. The van der Waals surface area contributed by atoms with Crippen LogP contribution in [0, 0.1) is 11.3 Å². The standard InChI is InChI=1S/C14H25NO3S/c1-11-14(2,3)12-7-4-5-8-13(12)15(11)9-6-10-19(16,17)18/h12-13H,1,4-10H2,2-3H3,(H,16,17,18)/p-1. The summed E-state index contributed by atoms with van der Waals surface area (Å²) in [6.07, 6.45) is 5.32. The third kappa shape index (κ3) is 2.97. The Hall–Kier alpha value is -0.550. The minimum absolute atomic E-state index is 0.0986. The molecule has 2 unspecified atom stereocenters. The molecule has 1 aliphatic heterocycles. The van der Waals surface area contributed by atoms with Crippen molar-refractivity contribution < 1.29 is 13.0 Å². The Labute approximate surface area is 116 Å². The Morgan fingerprint density at radius 1 is 1.37 bits per heavy atom. The van der Waals surface area contributed by atoms with Crippen LogP contribution >= 0.6 is 0 Å². The second kappa shape index (κ2) is 5.09. The van der Waals surface area contributed by atoms with E-state index in [0.717, 1.165) is 12.1 Å². The van der Waals surface area contributed by atoms with E-state index in [9.17, 15) is 13.0 Å². The van der Waals surface area contributed by atoms with Gasteiger partial charge in [0.05, 0.1) is 10.1 Å². The Morgan fingerprint density at radius 3 is 2.63 bits per heavy atom. The Kier molecular flexibility index (Phi) is 3.98. The third-order valence-corrected chi connectivity index (χ3v) is 5.73. The van der Waals surface area contributed by atoms with Crippen LogP contribution in [0.5, 0.6) is 0 Å². The van der Waals surface area contributed by atoms with Crippen molar-refractivity contribution in [2.75, 3.05) is 12.3 Å². The number of hydrogen-bond donors (Lipinski definition) is 0. The molecule has 4 nitrogen and oxygen atoms in total. The molecule has 1 aliphatic carbocycles. The molecule has 2 fully saturated rings. The zero-order valence-corrected chi connectivity index (χ0v) is 12.7. The second-order valence-corrected chi connectivity index (χ2v) is 7.96. The van der Waals surface area contributed by atoms with E-state index in [2.05, 4.69) is 25.3 Å². The Morgan fingerprint density at radius 2 is 2.00 bits per heavy atom. The molecule has 1 heterocycles. The van der Waals surface area contributed by atoms with Crippen molar-refractivity contribution in [3.05, 3.63) is 12.3 Å². The quantitative estimate of drug-likeness (QED) is 0.744. The van der Waals surface area contributed by atoms with E-state index in [1.807, 2.05) is 0 Å². The predicted molar refractivity (Wildman–Crippen MR) is 74.6 cm³/mol. The van der Waals surface area contributed by atoms with Gasteiger partial charge in [0.15, 0.2) is 0 Å². The van der Waals surface area contributed by atoms with Gasteiger partial charge in [-0.1, -0.05) is 33.3 Å². The smallest absolute Gasteiger partial charge is 0.0946 e. The van der Waals surface area contributed by atoms with E-state index >= 15 is 0 Å². The highest BCUT2D eigenvalue weighted by molar-refractivity contribution is 7.85. The van der Waals surface area contributed by atoms with Crippen molar-refractivity contribution in [3.8, 4) is 0 Å². The summed E-state index contributed by atoms with van der Waals surface area (Å²) >= 11 is 0. The van der Waals surface area contributed by atoms with Crippen molar-refractivity contribution in [1.82, 2.24) is 4.90 Å². The van der Waals surface area contributed by atoms with Crippen LogP contribution in [0.15, 0.2) is 12.3 Å². The minimum Gasteiger partial charge on any atom is -0.748 e. The zero-order chi connectivity index (χ0) is 14.3. The van der Waals surface area contributed by atoms with Gasteiger partial charge in [0.2, 0.25) is 0 Å². The molecule has 2 rings (SSSR count). The second-order valence-electron chi connectivity index (χ2n) is 6.44. The molecule has 1 saturated carbocycles. The average Bonchev–Trinajstić information content (AvgIpc) is 2.50. The van der Waals surface area contributed by atoms with Gasteiger partial charge in [0, 0.05) is 29.5 Å². The summed E-state index contributed by atoms with van der Waals surface area (Å²) in [5.41, 5.74) is 1.22. The average molecular weight is 286 g/mol. The van der Waals surface area contributed by atoms with Crippen LogP contribution in [0.1, 0.15) is 46.0 Å². The van der Waals surface area contributed by atoms with Crippen LogP contribution in [0.2, 0.25) is 0 Å². The molecule has 0 N–H and O–H groups in total. The topological polar surface area (TPSA) is 60.4 Å². The maximum Gasteiger partial charge on any atom is 0.0946 e. The first-order valence-electron chi connectivity index (χ1n) is 7.13. The van der Waals surface area contributed by atoms with E-state index in [1.165, 1.54) is 19.3 Å². The number of rotatable bonds is 4. The molecule has 0 radical (unpaired) electrons. The maximum absolute atomic E-state index is 10.7. The summed E-state index contributed by atoms with van der Waals surface area (Å²) in [7, 11) is -4.10. The van der Waals surface area contributed by atoms with Gasteiger partial charge in [-0.25, -0.2) is 8.42 Å². The van der Waals surface area contributed by atoms with Crippen LogP contribution in [0.25, 0.3) is 0 Å². The highest BCUT2D eigenvalue weighted by atomic mass is 32.2. The van der Waals surface area contributed by atoms with Gasteiger partial charge < -0.3 is 9.45 Å². The molecule has 2 atom stereocenters. The fourth-order valence-corrected chi connectivity index (χ4v) is 4.31. The van der Waals surface area contributed by atoms with E-state index in [1.54, 1.807) is 0 Å². The predicted octanol–water partition coefficient (Wildman–Crippen LogP) is 2.34. The van der Waals surface area contributed by atoms with Crippen LogP contribution in [-0.4, -0.2) is 36.2 Å². The molecule has 2 aliphatic rings. The molecular formula is C14H24NO3S-. The summed E-state index contributed by atoms with van der Waals surface area (Å²) in [5, 5.41) is 0. The molecule has 0 aromatic carbocycles. The van der Waals surface area contributed by atoms with Gasteiger partial charge in [-0.05, 0) is 25.2 Å². The summed E-state index contributed by atoms with van der Waals surface area (Å²) in [4.78, 5) is 2.27. The summed E-state index contributed by atoms with van der Waals surface area (Å²) < 4.78 is 32.1. The van der Waals surface area contributed by atoms with Crippen molar-refractivity contribution in [2.24, 2.45) is 11.3 Å². The normalized spacial score (nSPS) is 30.5. The molecule has 0 aromatic heterocycles. The lowest BCUT2D eigenvalue weighted by molar-refractivity contribution is 0.170. The largest absolute Gasteiger partial charge is 0.748 e. The molecule has 110 valence electrons. The monoisotopic (exact) mass is 286 g/mol. The van der Waals surface area contributed by atoms with Gasteiger partial charge in [0.1, 0.15) is 0 Å². The van der Waals surface area contributed by atoms with Crippen LogP contribution in [-0.2, 0) is 10.1 Å². The SMILES string of the molecule is C=C1N(CCCS(=O)(=O)[O-])C2CCCCC2C1(C)C.